The standard InChI is InChI=1S/C27H28ClN7O4/c1-15(2)21(22(37)24-33-34-26(39-24)27(3,4)19-11-10-17(28)12-30-19)32-20(36)14-35-18(13-31-23(29)25(35)38)16-8-6-5-7-9-16/h5-13,15,21H,14H2,1-4H3,(H2,29,31)(H,32,36)/t21-/m0/s1. The van der Waals surface area contributed by atoms with Gasteiger partial charge in [-0.3, -0.25) is 23.9 Å². The van der Waals surface area contributed by atoms with Gasteiger partial charge >= 0.3 is 0 Å². The number of hydrogen-bond acceptors (Lipinski definition) is 9. The van der Waals surface area contributed by atoms with Crippen LogP contribution >= 0.6 is 11.6 Å². The lowest BCUT2D eigenvalue weighted by Gasteiger charge is -2.21. The van der Waals surface area contributed by atoms with E-state index in [4.69, 9.17) is 21.8 Å². The van der Waals surface area contributed by atoms with E-state index in [1.165, 1.54) is 17.0 Å². The number of benzene rings is 1. The van der Waals surface area contributed by atoms with Gasteiger partial charge in [0.25, 0.3) is 11.4 Å². The second-order valence-corrected chi connectivity index (χ2v) is 10.3. The summed E-state index contributed by atoms with van der Waals surface area (Å²) in [6.07, 6.45) is 2.94. The first-order valence-electron chi connectivity index (χ1n) is 12.2. The fraction of sp³-hybridized carbons (Fsp3) is 0.296. The average molecular weight is 550 g/mol. The number of halogens is 1. The molecule has 0 bridgehead atoms. The lowest BCUT2D eigenvalue weighted by Crippen LogP contribution is -2.46. The molecule has 3 aromatic heterocycles. The molecule has 0 aliphatic heterocycles. The van der Waals surface area contributed by atoms with Gasteiger partial charge in [0.15, 0.2) is 5.82 Å². The highest BCUT2D eigenvalue weighted by Crippen LogP contribution is 2.30. The van der Waals surface area contributed by atoms with Crippen LogP contribution in [0.2, 0.25) is 5.02 Å². The van der Waals surface area contributed by atoms with Crippen LogP contribution in [0.1, 0.15) is 50.0 Å². The van der Waals surface area contributed by atoms with Gasteiger partial charge in [-0.1, -0.05) is 55.8 Å². The largest absolute Gasteiger partial charge is 0.417 e. The number of Topliss-reactive ketones (excluding diaryl/α,β-unsaturated/α-hetero) is 1. The van der Waals surface area contributed by atoms with Crippen LogP contribution in [0.3, 0.4) is 0 Å². The summed E-state index contributed by atoms with van der Waals surface area (Å²) >= 11 is 5.95. The van der Waals surface area contributed by atoms with Crippen molar-refractivity contribution in [3.8, 4) is 11.3 Å². The summed E-state index contributed by atoms with van der Waals surface area (Å²) < 4.78 is 6.99. The summed E-state index contributed by atoms with van der Waals surface area (Å²) in [5, 5.41) is 11.2. The Balaban J connectivity index is 1.56. The van der Waals surface area contributed by atoms with Crippen LogP contribution in [0.4, 0.5) is 5.82 Å². The Bertz CT molecular complexity index is 1550. The van der Waals surface area contributed by atoms with Gasteiger partial charge in [-0.25, -0.2) is 4.98 Å². The molecule has 1 aromatic carbocycles. The predicted octanol–water partition coefficient (Wildman–Crippen LogP) is 3.27. The number of nitrogens with two attached hydrogens (primary N) is 1. The van der Waals surface area contributed by atoms with Gasteiger partial charge in [-0.15, -0.1) is 10.2 Å². The number of amides is 1. The molecule has 202 valence electrons. The van der Waals surface area contributed by atoms with E-state index in [0.29, 0.717) is 22.0 Å². The molecule has 0 aliphatic rings. The van der Waals surface area contributed by atoms with Crippen LogP contribution in [0.5, 0.6) is 0 Å². The molecular formula is C27H28ClN7O4. The number of carbonyl (C=O) groups is 2. The number of ketones is 1. The number of rotatable bonds is 9. The van der Waals surface area contributed by atoms with Crippen molar-refractivity contribution >= 4 is 29.1 Å². The Morgan fingerprint density at radius 1 is 1.08 bits per heavy atom. The van der Waals surface area contributed by atoms with Crippen molar-refractivity contribution in [3.05, 3.63) is 87.7 Å². The molecule has 0 saturated heterocycles. The highest BCUT2D eigenvalue weighted by molar-refractivity contribution is 6.30. The summed E-state index contributed by atoms with van der Waals surface area (Å²) in [7, 11) is 0. The summed E-state index contributed by atoms with van der Waals surface area (Å²) in [5.41, 5.74) is 6.04. The quantitative estimate of drug-likeness (QED) is 0.299. The molecular weight excluding hydrogens is 522 g/mol. The van der Waals surface area contributed by atoms with Crippen LogP contribution in [-0.4, -0.2) is 42.5 Å². The molecule has 3 N–H and O–H groups in total. The molecule has 1 atom stereocenters. The highest BCUT2D eigenvalue weighted by Gasteiger charge is 2.35. The minimum atomic E-state index is -0.988. The van der Waals surface area contributed by atoms with Crippen molar-refractivity contribution in [2.24, 2.45) is 5.92 Å². The Morgan fingerprint density at radius 2 is 1.79 bits per heavy atom. The van der Waals surface area contributed by atoms with Crippen molar-refractivity contribution in [3.63, 3.8) is 0 Å². The molecule has 4 rings (SSSR count). The Hall–Kier alpha value is -4.38. The molecule has 0 radical (unpaired) electrons. The molecule has 0 fully saturated rings. The topological polar surface area (TPSA) is 159 Å². The number of carbonyl (C=O) groups excluding carboxylic acids is 2. The van der Waals surface area contributed by atoms with Gasteiger partial charge in [-0.05, 0) is 37.5 Å². The number of nitrogen functional groups attached to an aromatic ring is 1. The number of nitrogens with one attached hydrogen (secondary N) is 1. The molecule has 11 nitrogen and oxygen atoms in total. The molecule has 39 heavy (non-hydrogen) atoms. The molecule has 3 heterocycles. The highest BCUT2D eigenvalue weighted by atomic mass is 35.5. The summed E-state index contributed by atoms with van der Waals surface area (Å²) in [5.74, 6) is -1.76. The smallest absolute Gasteiger partial charge is 0.294 e. The third kappa shape index (κ3) is 5.88. The van der Waals surface area contributed by atoms with Crippen molar-refractivity contribution in [2.75, 3.05) is 5.73 Å². The summed E-state index contributed by atoms with van der Waals surface area (Å²) in [4.78, 5) is 47.5. The normalized spacial score (nSPS) is 12.4. The van der Waals surface area contributed by atoms with Crippen LogP contribution in [0.15, 0.2) is 64.1 Å². The first-order valence-corrected chi connectivity index (χ1v) is 12.6. The van der Waals surface area contributed by atoms with E-state index in [0.717, 1.165) is 0 Å². The van der Waals surface area contributed by atoms with Gasteiger partial charge in [0.1, 0.15) is 6.54 Å². The maximum atomic E-state index is 13.4. The van der Waals surface area contributed by atoms with E-state index in [2.05, 4.69) is 25.5 Å². The van der Waals surface area contributed by atoms with E-state index in [1.54, 1.807) is 50.2 Å². The summed E-state index contributed by atoms with van der Waals surface area (Å²) in [6.45, 7) is 6.82. The lowest BCUT2D eigenvalue weighted by atomic mass is 9.89. The second-order valence-electron chi connectivity index (χ2n) is 9.84. The first kappa shape index (κ1) is 27.6. The maximum Gasteiger partial charge on any atom is 0.294 e. The second kappa shape index (κ2) is 11.2. The molecule has 1 amide bonds. The molecule has 4 aromatic rings. The van der Waals surface area contributed by atoms with Crippen molar-refractivity contribution in [1.82, 2.24) is 30.0 Å². The molecule has 0 unspecified atom stereocenters. The van der Waals surface area contributed by atoms with E-state index in [-0.39, 0.29) is 30.1 Å². The first-order chi connectivity index (χ1) is 18.5. The van der Waals surface area contributed by atoms with Crippen molar-refractivity contribution < 1.29 is 14.0 Å². The van der Waals surface area contributed by atoms with Crippen LogP contribution in [0.25, 0.3) is 11.3 Å². The van der Waals surface area contributed by atoms with Crippen molar-refractivity contribution in [1.29, 1.82) is 0 Å². The third-order valence-corrected chi connectivity index (χ3v) is 6.48. The predicted molar refractivity (Wildman–Crippen MR) is 145 cm³/mol. The van der Waals surface area contributed by atoms with Gasteiger partial charge in [0, 0.05) is 6.20 Å². The van der Waals surface area contributed by atoms with Crippen molar-refractivity contribution in [2.45, 2.75) is 45.7 Å². The fourth-order valence-electron chi connectivity index (χ4n) is 3.96. The number of hydrogen-bond donors (Lipinski definition) is 2. The zero-order valence-corrected chi connectivity index (χ0v) is 22.6. The van der Waals surface area contributed by atoms with Gasteiger partial charge < -0.3 is 15.5 Å². The van der Waals surface area contributed by atoms with E-state index >= 15 is 0 Å². The van der Waals surface area contributed by atoms with Gasteiger partial charge in [0.05, 0.1) is 34.1 Å². The van der Waals surface area contributed by atoms with Crippen LogP contribution in [0, 0.1) is 5.92 Å². The molecule has 0 spiro atoms. The van der Waals surface area contributed by atoms with E-state index in [1.807, 2.05) is 19.9 Å². The molecule has 0 aliphatic carbocycles. The number of anilines is 1. The molecule has 0 saturated carbocycles. The zero-order chi connectivity index (χ0) is 28.3. The fourth-order valence-corrected chi connectivity index (χ4v) is 4.07. The number of nitrogens with zero attached hydrogens (tertiary/aromatic N) is 5. The van der Waals surface area contributed by atoms with Crippen LogP contribution in [-0.2, 0) is 16.8 Å². The number of pyridine rings is 1. The maximum absolute atomic E-state index is 13.4. The summed E-state index contributed by atoms with van der Waals surface area (Å²) in [6, 6.07) is 11.5. The monoisotopic (exact) mass is 549 g/mol. The Labute approximate surface area is 229 Å². The Kier molecular flexibility index (Phi) is 7.91. The SMILES string of the molecule is CC(C)[C@H](NC(=O)Cn1c(-c2ccccc2)cnc(N)c1=O)C(=O)c1nnc(C(C)(C)c2ccc(Cl)cn2)o1. The van der Waals surface area contributed by atoms with Crippen LogP contribution < -0.4 is 16.6 Å². The minimum Gasteiger partial charge on any atom is -0.417 e. The molecule has 12 heteroatoms. The minimum absolute atomic E-state index is 0.181. The van der Waals surface area contributed by atoms with E-state index < -0.39 is 28.7 Å². The third-order valence-electron chi connectivity index (χ3n) is 6.26. The van der Waals surface area contributed by atoms with E-state index in [9.17, 15) is 14.4 Å². The van der Waals surface area contributed by atoms with Gasteiger partial charge in [0.2, 0.25) is 17.6 Å². The Morgan fingerprint density at radius 3 is 2.44 bits per heavy atom. The number of aromatic nitrogens is 5. The van der Waals surface area contributed by atoms with Gasteiger partial charge in [-0.2, -0.15) is 0 Å². The lowest BCUT2D eigenvalue weighted by molar-refractivity contribution is -0.122. The average Bonchev–Trinajstić information content (AvgIpc) is 3.42. The zero-order valence-electron chi connectivity index (χ0n) is 21.9.